The molecule has 1 aromatic rings. The van der Waals surface area contributed by atoms with Gasteiger partial charge in [-0.3, -0.25) is 24.6 Å². The van der Waals surface area contributed by atoms with Crippen molar-refractivity contribution in [3.8, 4) is 5.75 Å². The Labute approximate surface area is 183 Å². The molecule has 8 heteroatoms. The zero-order valence-corrected chi connectivity index (χ0v) is 18.0. The fourth-order valence-electron chi connectivity index (χ4n) is 5.20. The fourth-order valence-corrected chi connectivity index (χ4v) is 5.20. The van der Waals surface area contributed by atoms with Gasteiger partial charge in [0.2, 0.25) is 5.91 Å². The minimum atomic E-state index is -0.585. The number of rotatable bonds is 11. The molecule has 31 heavy (non-hydrogen) atoms. The van der Waals surface area contributed by atoms with Crippen LogP contribution >= 0.6 is 0 Å². The number of carbonyl (C=O) groups excluding carboxylic acids is 2. The van der Waals surface area contributed by atoms with E-state index in [1.165, 1.54) is 44.2 Å². The summed E-state index contributed by atoms with van der Waals surface area (Å²) in [4.78, 5) is 35.9. The number of hydrogen-bond donors (Lipinski definition) is 1. The summed E-state index contributed by atoms with van der Waals surface area (Å²) in [5, 5.41) is 11.0. The highest BCUT2D eigenvalue weighted by Gasteiger charge is 2.38. The number of amides is 1. The van der Waals surface area contributed by atoms with Crippen LogP contribution in [-0.2, 0) is 4.79 Å². The van der Waals surface area contributed by atoms with Gasteiger partial charge in [0.1, 0.15) is 5.75 Å². The number of primary amides is 1. The number of nitro groups is 1. The Morgan fingerprint density at radius 1 is 1.23 bits per heavy atom. The number of nitrogens with two attached hydrogens (primary N) is 1. The number of likely N-dealkylation sites (tertiary alicyclic amines) is 1. The molecule has 3 rings (SSSR count). The zero-order valence-electron chi connectivity index (χ0n) is 18.0. The van der Waals surface area contributed by atoms with E-state index in [1.54, 1.807) is 6.07 Å². The second-order valence-corrected chi connectivity index (χ2v) is 8.70. The van der Waals surface area contributed by atoms with Crippen LogP contribution in [0.5, 0.6) is 5.75 Å². The highest BCUT2D eigenvalue weighted by molar-refractivity contribution is 5.81. The number of fused-ring (bicyclic) bond motifs is 1. The van der Waals surface area contributed by atoms with Crippen molar-refractivity contribution in [1.29, 1.82) is 0 Å². The fraction of sp³-hybridized carbons (Fsp3) is 0.652. The van der Waals surface area contributed by atoms with Crippen molar-refractivity contribution in [3.63, 3.8) is 0 Å². The van der Waals surface area contributed by atoms with Crippen molar-refractivity contribution in [3.05, 3.63) is 33.9 Å². The molecule has 2 N–H and O–H groups in total. The number of nitro benzene ring substituents is 1. The lowest BCUT2D eigenvalue weighted by Gasteiger charge is -2.47. The summed E-state index contributed by atoms with van der Waals surface area (Å²) in [6.07, 6.45) is 11.2. The van der Waals surface area contributed by atoms with Crippen molar-refractivity contribution in [2.45, 2.75) is 76.3 Å². The SMILES string of the molecule is NC(=O)C(CCCCCOc1ccc(C=O)c([N+](=O)[O-])c1)N1CCCC2CCCCC21. The molecule has 1 aliphatic heterocycles. The van der Waals surface area contributed by atoms with Crippen LogP contribution in [-0.4, -0.2) is 47.3 Å². The number of benzene rings is 1. The van der Waals surface area contributed by atoms with Crippen LogP contribution in [0.15, 0.2) is 18.2 Å². The van der Waals surface area contributed by atoms with Gasteiger partial charge in [-0.25, -0.2) is 0 Å². The van der Waals surface area contributed by atoms with Gasteiger partial charge in [0, 0.05) is 6.04 Å². The maximum atomic E-state index is 12.2. The van der Waals surface area contributed by atoms with Crippen molar-refractivity contribution in [1.82, 2.24) is 4.90 Å². The van der Waals surface area contributed by atoms with Crippen molar-refractivity contribution < 1.29 is 19.2 Å². The summed E-state index contributed by atoms with van der Waals surface area (Å²) < 4.78 is 5.62. The average molecular weight is 432 g/mol. The van der Waals surface area contributed by atoms with Gasteiger partial charge >= 0.3 is 0 Å². The molecule has 0 spiro atoms. The Kier molecular flexibility index (Phi) is 8.40. The highest BCUT2D eigenvalue weighted by atomic mass is 16.6. The number of unbranched alkanes of at least 4 members (excludes halogenated alkanes) is 2. The van der Waals surface area contributed by atoms with Gasteiger partial charge in [0.05, 0.1) is 29.2 Å². The van der Waals surface area contributed by atoms with Gasteiger partial charge in [0.15, 0.2) is 6.29 Å². The number of hydrogen-bond acceptors (Lipinski definition) is 6. The predicted molar refractivity (Wildman–Crippen MR) is 117 cm³/mol. The molecular weight excluding hydrogens is 398 g/mol. The van der Waals surface area contributed by atoms with Gasteiger partial charge < -0.3 is 10.5 Å². The monoisotopic (exact) mass is 431 g/mol. The number of piperidine rings is 1. The van der Waals surface area contributed by atoms with Crippen LogP contribution in [0.3, 0.4) is 0 Å². The average Bonchev–Trinajstić information content (AvgIpc) is 2.78. The Bertz CT molecular complexity index is 782. The molecule has 1 saturated heterocycles. The second-order valence-electron chi connectivity index (χ2n) is 8.70. The zero-order chi connectivity index (χ0) is 22.2. The molecule has 8 nitrogen and oxygen atoms in total. The topological polar surface area (TPSA) is 116 Å². The first-order valence-corrected chi connectivity index (χ1v) is 11.4. The van der Waals surface area contributed by atoms with E-state index in [2.05, 4.69) is 4.90 Å². The molecule has 1 heterocycles. The minimum absolute atomic E-state index is 0.0350. The first kappa shape index (κ1) is 23.2. The summed E-state index contributed by atoms with van der Waals surface area (Å²) in [6.45, 7) is 1.39. The number of carbonyl (C=O) groups is 2. The number of nitrogens with zero attached hydrogens (tertiary/aromatic N) is 2. The maximum absolute atomic E-state index is 12.2. The second kappa shape index (κ2) is 11.2. The molecular formula is C23H33N3O5. The quantitative estimate of drug-likeness (QED) is 0.246. The lowest BCUT2D eigenvalue weighted by atomic mass is 9.77. The number of aldehydes is 1. The van der Waals surface area contributed by atoms with Gasteiger partial charge in [0.25, 0.3) is 5.69 Å². The molecule has 170 valence electrons. The van der Waals surface area contributed by atoms with E-state index in [9.17, 15) is 19.7 Å². The van der Waals surface area contributed by atoms with Gasteiger partial charge in [-0.2, -0.15) is 0 Å². The van der Waals surface area contributed by atoms with Crippen LogP contribution in [0.4, 0.5) is 5.69 Å². The third-order valence-corrected chi connectivity index (χ3v) is 6.73. The summed E-state index contributed by atoms with van der Waals surface area (Å²) >= 11 is 0. The molecule has 0 radical (unpaired) electrons. The van der Waals surface area contributed by atoms with E-state index < -0.39 is 4.92 Å². The lowest BCUT2D eigenvalue weighted by molar-refractivity contribution is -0.385. The molecule has 2 fully saturated rings. The summed E-state index contributed by atoms with van der Waals surface area (Å²) in [5.74, 6) is 0.876. The van der Waals surface area contributed by atoms with Crippen LogP contribution in [0.25, 0.3) is 0 Å². The van der Waals surface area contributed by atoms with Crippen molar-refractivity contribution in [2.24, 2.45) is 11.7 Å². The van der Waals surface area contributed by atoms with Gasteiger partial charge in [-0.05, 0) is 69.5 Å². The molecule has 3 atom stereocenters. The van der Waals surface area contributed by atoms with E-state index >= 15 is 0 Å². The molecule has 1 aliphatic carbocycles. The van der Waals surface area contributed by atoms with Crippen molar-refractivity contribution in [2.75, 3.05) is 13.2 Å². The summed E-state index contributed by atoms with van der Waals surface area (Å²) in [7, 11) is 0. The Hall–Kier alpha value is -2.48. The smallest absolute Gasteiger partial charge is 0.283 e. The van der Waals surface area contributed by atoms with Crippen LogP contribution in [0.1, 0.15) is 74.6 Å². The molecule has 1 aromatic carbocycles. The normalized spacial score (nSPS) is 22.3. The van der Waals surface area contributed by atoms with Gasteiger partial charge in [-0.15, -0.1) is 0 Å². The highest BCUT2D eigenvalue weighted by Crippen LogP contribution is 2.37. The third-order valence-electron chi connectivity index (χ3n) is 6.73. The molecule has 3 unspecified atom stereocenters. The predicted octanol–water partition coefficient (Wildman–Crippen LogP) is 3.86. The summed E-state index contributed by atoms with van der Waals surface area (Å²) in [5.41, 5.74) is 5.57. The Morgan fingerprint density at radius 3 is 2.74 bits per heavy atom. The summed E-state index contributed by atoms with van der Waals surface area (Å²) in [6, 6.07) is 4.56. The van der Waals surface area contributed by atoms with Crippen molar-refractivity contribution >= 4 is 17.9 Å². The molecule has 1 saturated carbocycles. The molecule has 0 bridgehead atoms. The number of ether oxygens (including phenoxy) is 1. The van der Waals surface area contributed by atoms with Crippen LogP contribution < -0.4 is 10.5 Å². The van der Waals surface area contributed by atoms with E-state index in [4.69, 9.17) is 10.5 Å². The first-order chi connectivity index (χ1) is 15.0. The lowest BCUT2D eigenvalue weighted by Crippen LogP contribution is -2.55. The van der Waals surface area contributed by atoms with E-state index in [1.807, 2.05) is 0 Å². The minimum Gasteiger partial charge on any atom is -0.493 e. The van der Waals surface area contributed by atoms with E-state index in [-0.39, 0.29) is 23.2 Å². The standard InChI is InChI=1S/C23H33N3O5/c24-23(28)21(25-13-6-8-17-7-3-4-9-20(17)25)10-2-1-5-14-31-19-12-11-18(16-27)22(15-19)26(29)30/h11-12,15-17,20-21H,1-10,13-14H2,(H2,24,28). The van der Waals surface area contributed by atoms with Crippen LogP contribution in [0.2, 0.25) is 0 Å². The maximum Gasteiger partial charge on any atom is 0.283 e. The van der Waals surface area contributed by atoms with E-state index in [0.717, 1.165) is 38.6 Å². The van der Waals surface area contributed by atoms with Gasteiger partial charge in [-0.1, -0.05) is 19.3 Å². The van der Waals surface area contributed by atoms with Crippen LogP contribution in [0, 0.1) is 16.0 Å². The first-order valence-electron chi connectivity index (χ1n) is 11.4. The largest absolute Gasteiger partial charge is 0.493 e. The third kappa shape index (κ3) is 6.03. The van der Waals surface area contributed by atoms with E-state index in [0.29, 0.717) is 30.6 Å². The molecule has 1 amide bonds. The Balaban J connectivity index is 1.44. The Morgan fingerprint density at radius 2 is 2.00 bits per heavy atom. The molecule has 2 aliphatic rings. The molecule has 0 aromatic heterocycles.